The second kappa shape index (κ2) is 6.21. The van der Waals surface area contributed by atoms with Crippen molar-refractivity contribution in [1.82, 2.24) is 4.98 Å². The molecule has 0 saturated heterocycles. The maximum absolute atomic E-state index is 12.4. The Bertz CT molecular complexity index is 936. The van der Waals surface area contributed by atoms with E-state index in [4.69, 9.17) is 11.6 Å². The van der Waals surface area contributed by atoms with Crippen LogP contribution in [0.15, 0.2) is 42.5 Å². The van der Waals surface area contributed by atoms with Crippen molar-refractivity contribution in [2.45, 2.75) is 0 Å². The minimum absolute atomic E-state index is 0.0411. The highest BCUT2D eigenvalue weighted by Crippen LogP contribution is 2.24. The summed E-state index contributed by atoms with van der Waals surface area (Å²) in [7, 11) is 0. The Kier molecular flexibility index (Phi) is 4.27. The van der Waals surface area contributed by atoms with Crippen LogP contribution in [0.1, 0.15) is 20.8 Å². The van der Waals surface area contributed by atoms with Crippen LogP contribution in [-0.2, 0) is 0 Å². The van der Waals surface area contributed by atoms with Crippen LogP contribution in [0.25, 0.3) is 10.9 Å². The zero-order valence-electron chi connectivity index (χ0n) is 11.6. The maximum atomic E-state index is 12.4. The number of para-hydroxylation sites is 1. The number of H-pyrrole nitrogens is 1. The lowest BCUT2D eigenvalue weighted by Crippen LogP contribution is -2.15. The van der Waals surface area contributed by atoms with Gasteiger partial charge in [0.1, 0.15) is 5.69 Å². The van der Waals surface area contributed by atoms with Gasteiger partial charge < -0.3 is 15.4 Å². The minimum Gasteiger partial charge on any atom is -0.478 e. The first-order valence-electron chi connectivity index (χ1n) is 6.57. The van der Waals surface area contributed by atoms with Crippen LogP contribution in [0.2, 0.25) is 5.02 Å². The van der Waals surface area contributed by atoms with E-state index < -0.39 is 11.9 Å². The largest absolute Gasteiger partial charge is 0.478 e. The first kappa shape index (κ1) is 15.8. The second-order valence-electron chi connectivity index (χ2n) is 4.84. The highest BCUT2D eigenvalue weighted by molar-refractivity contribution is 14.1. The molecule has 0 fully saturated rings. The molecule has 0 saturated carbocycles. The number of hydrogen-bond acceptors (Lipinski definition) is 2. The summed E-state index contributed by atoms with van der Waals surface area (Å²) in [4.78, 5) is 26.6. The molecule has 0 radical (unpaired) electrons. The second-order valence-corrected chi connectivity index (χ2v) is 6.49. The summed E-state index contributed by atoms with van der Waals surface area (Å²) in [5.41, 5.74) is 1.26. The molecule has 0 spiro atoms. The molecule has 3 aromatic rings. The highest BCUT2D eigenvalue weighted by Gasteiger charge is 2.16. The van der Waals surface area contributed by atoms with Gasteiger partial charge in [0, 0.05) is 8.96 Å². The number of aromatic carboxylic acids is 1. The number of rotatable bonds is 3. The fourth-order valence-corrected chi connectivity index (χ4v) is 2.95. The summed E-state index contributed by atoms with van der Waals surface area (Å²) in [5, 5.41) is 13.2. The number of carboxylic acids is 1. The molecular weight excluding hydrogens is 431 g/mol. The topological polar surface area (TPSA) is 82.2 Å². The van der Waals surface area contributed by atoms with E-state index in [1.807, 2.05) is 28.7 Å². The number of amides is 1. The zero-order chi connectivity index (χ0) is 16.6. The van der Waals surface area contributed by atoms with E-state index in [2.05, 4.69) is 10.3 Å². The number of aromatic amines is 1. The number of halogens is 2. The van der Waals surface area contributed by atoms with Crippen molar-refractivity contribution < 1.29 is 14.7 Å². The van der Waals surface area contributed by atoms with Gasteiger partial charge in [0.15, 0.2) is 0 Å². The number of carbonyl (C=O) groups excluding carboxylic acids is 1. The quantitative estimate of drug-likeness (QED) is 0.529. The predicted octanol–water partition coefficient (Wildman–Crippen LogP) is 4.38. The SMILES string of the molecule is O=C(Nc1ccc(I)cc1C(=O)O)c1cc2cccc(Cl)c2[nH]1. The summed E-state index contributed by atoms with van der Waals surface area (Å²) >= 11 is 8.09. The van der Waals surface area contributed by atoms with Gasteiger partial charge in [0.05, 0.1) is 21.8 Å². The third kappa shape index (κ3) is 3.18. The molecule has 7 heteroatoms. The van der Waals surface area contributed by atoms with Gasteiger partial charge >= 0.3 is 5.97 Å². The number of nitrogens with one attached hydrogen (secondary N) is 2. The summed E-state index contributed by atoms with van der Waals surface area (Å²) in [6.07, 6.45) is 0. The summed E-state index contributed by atoms with van der Waals surface area (Å²) in [5.74, 6) is -1.53. The normalized spacial score (nSPS) is 10.7. The van der Waals surface area contributed by atoms with E-state index in [-0.39, 0.29) is 11.3 Å². The molecule has 5 nitrogen and oxygen atoms in total. The molecule has 0 aliphatic heterocycles. The molecule has 1 amide bonds. The van der Waals surface area contributed by atoms with Gasteiger partial charge in [-0.05, 0) is 52.9 Å². The molecule has 0 unspecified atom stereocenters. The number of benzene rings is 2. The Hall–Kier alpha value is -2.06. The Morgan fingerprint density at radius 1 is 1.17 bits per heavy atom. The molecule has 0 aliphatic rings. The van der Waals surface area contributed by atoms with Gasteiger partial charge in [-0.2, -0.15) is 0 Å². The van der Waals surface area contributed by atoms with Crippen molar-refractivity contribution in [2.24, 2.45) is 0 Å². The number of carboxylic acid groups (broad SMARTS) is 1. The van der Waals surface area contributed by atoms with Crippen molar-refractivity contribution in [3.05, 3.63) is 62.3 Å². The minimum atomic E-state index is -1.10. The van der Waals surface area contributed by atoms with Gasteiger partial charge in [0.2, 0.25) is 0 Å². The van der Waals surface area contributed by atoms with Crippen LogP contribution < -0.4 is 5.32 Å². The zero-order valence-corrected chi connectivity index (χ0v) is 14.5. The molecule has 116 valence electrons. The number of fused-ring (bicyclic) bond motifs is 1. The highest BCUT2D eigenvalue weighted by atomic mass is 127. The number of aromatic nitrogens is 1. The van der Waals surface area contributed by atoms with E-state index in [1.165, 1.54) is 6.07 Å². The molecule has 3 rings (SSSR count). The molecule has 3 N–H and O–H groups in total. The molecule has 0 bridgehead atoms. The van der Waals surface area contributed by atoms with Crippen molar-refractivity contribution in [2.75, 3.05) is 5.32 Å². The summed E-state index contributed by atoms with van der Waals surface area (Å²) in [6, 6.07) is 11.8. The third-order valence-corrected chi connectivity index (χ3v) is 4.30. The first-order valence-corrected chi connectivity index (χ1v) is 8.03. The molecule has 1 heterocycles. The van der Waals surface area contributed by atoms with Gasteiger partial charge in [-0.1, -0.05) is 23.7 Å². The molecule has 0 atom stereocenters. The maximum Gasteiger partial charge on any atom is 0.337 e. The third-order valence-electron chi connectivity index (χ3n) is 3.31. The lowest BCUT2D eigenvalue weighted by Gasteiger charge is -2.08. The van der Waals surface area contributed by atoms with Gasteiger partial charge in [0.25, 0.3) is 5.91 Å². The van der Waals surface area contributed by atoms with Crippen LogP contribution in [0.4, 0.5) is 5.69 Å². The van der Waals surface area contributed by atoms with Gasteiger partial charge in [-0.15, -0.1) is 0 Å². The lowest BCUT2D eigenvalue weighted by molar-refractivity contribution is 0.0698. The number of anilines is 1. The Labute approximate surface area is 149 Å². The van der Waals surface area contributed by atoms with E-state index in [9.17, 15) is 14.7 Å². The van der Waals surface area contributed by atoms with Crippen molar-refractivity contribution in [3.63, 3.8) is 0 Å². The van der Waals surface area contributed by atoms with Crippen LogP contribution in [-0.4, -0.2) is 22.0 Å². The molecule has 23 heavy (non-hydrogen) atoms. The van der Waals surface area contributed by atoms with E-state index in [0.717, 1.165) is 8.96 Å². The average molecular weight is 441 g/mol. The van der Waals surface area contributed by atoms with E-state index in [1.54, 1.807) is 30.3 Å². The number of carbonyl (C=O) groups is 2. The van der Waals surface area contributed by atoms with Crippen molar-refractivity contribution >= 4 is 62.7 Å². The number of hydrogen-bond donors (Lipinski definition) is 3. The van der Waals surface area contributed by atoms with Crippen molar-refractivity contribution in [3.8, 4) is 0 Å². The van der Waals surface area contributed by atoms with E-state index in [0.29, 0.717) is 16.2 Å². The predicted molar refractivity (Wildman–Crippen MR) is 97.4 cm³/mol. The van der Waals surface area contributed by atoms with Crippen LogP contribution >= 0.6 is 34.2 Å². The summed E-state index contributed by atoms with van der Waals surface area (Å²) < 4.78 is 0.774. The van der Waals surface area contributed by atoms with Gasteiger partial charge in [-0.3, -0.25) is 4.79 Å². The smallest absolute Gasteiger partial charge is 0.337 e. The Morgan fingerprint density at radius 3 is 2.65 bits per heavy atom. The Morgan fingerprint density at radius 2 is 1.96 bits per heavy atom. The summed E-state index contributed by atoms with van der Waals surface area (Å²) in [6.45, 7) is 0. The molecular formula is C16H10ClIN2O3. The first-order chi connectivity index (χ1) is 11.0. The van der Waals surface area contributed by atoms with Crippen molar-refractivity contribution in [1.29, 1.82) is 0 Å². The fraction of sp³-hybridized carbons (Fsp3) is 0. The van der Waals surface area contributed by atoms with Crippen LogP contribution in [0.3, 0.4) is 0 Å². The lowest BCUT2D eigenvalue weighted by atomic mass is 10.1. The van der Waals surface area contributed by atoms with Gasteiger partial charge in [-0.25, -0.2) is 4.79 Å². The Balaban J connectivity index is 1.95. The standard InChI is InChI=1S/C16H10ClIN2O3/c17-11-3-1-2-8-6-13(19-14(8)11)15(21)20-12-5-4-9(18)7-10(12)16(22)23/h1-7,19H,(H,20,21)(H,22,23). The fourth-order valence-electron chi connectivity index (χ4n) is 2.23. The molecule has 0 aliphatic carbocycles. The van der Waals surface area contributed by atoms with E-state index >= 15 is 0 Å². The molecule has 2 aromatic carbocycles. The average Bonchev–Trinajstić information content (AvgIpc) is 2.94. The van der Waals surface area contributed by atoms with Crippen LogP contribution in [0.5, 0.6) is 0 Å². The molecule has 1 aromatic heterocycles. The van der Waals surface area contributed by atoms with Crippen LogP contribution in [0, 0.1) is 3.57 Å². The monoisotopic (exact) mass is 440 g/mol.